The van der Waals surface area contributed by atoms with E-state index in [2.05, 4.69) is 29.0 Å². The molecule has 5 heteroatoms. The van der Waals surface area contributed by atoms with Crippen LogP contribution in [0.1, 0.15) is 39.6 Å². The fourth-order valence-corrected chi connectivity index (χ4v) is 1.24. The number of amidine groups is 1. The van der Waals surface area contributed by atoms with Crippen molar-refractivity contribution in [2.75, 3.05) is 0 Å². The van der Waals surface area contributed by atoms with Crippen LogP contribution in [-0.2, 0) is 0 Å². The van der Waals surface area contributed by atoms with Crippen LogP contribution in [0.5, 0.6) is 0 Å². The molecular weight excluding hydrogens is 190 g/mol. The summed E-state index contributed by atoms with van der Waals surface area (Å²) >= 11 is 0. The first-order valence-corrected chi connectivity index (χ1v) is 4.93. The van der Waals surface area contributed by atoms with E-state index < -0.39 is 0 Å². The predicted molar refractivity (Wildman–Crippen MR) is 61.4 cm³/mol. The molecule has 82 valence electrons. The second kappa shape index (κ2) is 4.72. The molecule has 0 atom stereocenters. The lowest BCUT2D eigenvalue weighted by atomic mass is 10.3. The SMILES string of the molecule is C/C=C(\N=C(C)N)c1nncn1C(C)C. The summed E-state index contributed by atoms with van der Waals surface area (Å²) in [6, 6.07) is 0.304. The summed E-state index contributed by atoms with van der Waals surface area (Å²) in [5, 5.41) is 7.93. The second-order valence-electron chi connectivity index (χ2n) is 3.58. The highest BCUT2D eigenvalue weighted by atomic mass is 15.3. The van der Waals surface area contributed by atoms with Gasteiger partial charge in [0.1, 0.15) is 12.0 Å². The number of nitrogens with two attached hydrogens (primary N) is 1. The van der Waals surface area contributed by atoms with Gasteiger partial charge in [-0.15, -0.1) is 10.2 Å². The third-order valence-corrected chi connectivity index (χ3v) is 1.93. The van der Waals surface area contributed by atoms with Gasteiger partial charge in [0.15, 0.2) is 5.82 Å². The van der Waals surface area contributed by atoms with E-state index in [0.29, 0.717) is 11.9 Å². The van der Waals surface area contributed by atoms with Gasteiger partial charge in [-0.2, -0.15) is 0 Å². The molecule has 0 amide bonds. The fourth-order valence-electron chi connectivity index (χ4n) is 1.24. The van der Waals surface area contributed by atoms with Crippen LogP contribution in [0, 0.1) is 0 Å². The molecule has 2 N–H and O–H groups in total. The Labute approximate surface area is 89.7 Å². The Hall–Kier alpha value is -1.65. The first-order chi connectivity index (χ1) is 7.06. The Morgan fingerprint density at radius 1 is 1.60 bits per heavy atom. The number of hydrogen-bond acceptors (Lipinski definition) is 3. The molecule has 0 spiro atoms. The highest BCUT2D eigenvalue weighted by Crippen LogP contribution is 2.16. The minimum Gasteiger partial charge on any atom is -0.387 e. The van der Waals surface area contributed by atoms with E-state index in [4.69, 9.17) is 5.73 Å². The molecule has 0 radical (unpaired) electrons. The fraction of sp³-hybridized carbons (Fsp3) is 0.500. The van der Waals surface area contributed by atoms with Crippen LogP contribution in [0.25, 0.3) is 5.70 Å². The van der Waals surface area contributed by atoms with E-state index in [0.717, 1.165) is 11.5 Å². The van der Waals surface area contributed by atoms with Crippen molar-refractivity contribution >= 4 is 11.5 Å². The predicted octanol–water partition coefficient (Wildman–Crippen LogP) is 1.60. The summed E-state index contributed by atoms with van der Waals surface area (Å²) < 4.78 is 1.96. The number of aliphatic imine (C=N–C) groups is 1. The Morgan fingerprint density at radius 3 is 2.73 bits per heavy atom. The zero-order chi connectivity index (χ0) is 11.4. The standard InChI is InChI=1S/C10H17N5/c1-5-9(13-8(4)11)10-14-12-6-15(10)7(2)3/h5-7H,1-4H3,(H2,11,13)/b9-5-. The molecule has 0 saturated heterocycles. The van der Waals surface area contributed by atoms with Gasteiger partial charge in [0.05, 0.1) is 5.84 Å². The highest BCUT2D eigenvalue weighted by molar-refractivity contribution is 5.83. The van der Waals surface area contributed by atoms with E-state index in [1.54, 1.807) is 13.3 Å². The third kappa shape index (κ3) is 2.65. The normalized spacial score (nSPS) is 13.7. The Balaban J connectivity index is 3.14. The van der Waals surface area contributed by atoms with Crippen molar-refractivity contribution in [3.63, 3.8) is 0 Å². The summed E-state index contributed by atoms with van der Waals surface area (Å²) in [6.45, 7) is 7.79. The van der Waals surface area contributed by atoms with Gasteiger partial charge >= 0.3 is 0 Å². The minimum absolute atomic E-state index is 0.304. The molecule has 15 heavy (non-hydrogen) atoms. The smallest absolute Gasteiger partial charge is 0.182 e. The summed E-state index contributed by atoms with van der Waals surface area (Å²) in [6.07, 6.45) is 3.57. The number of aromatic nitrogens is 3. The first kappa shape index (κ1) is 11.4. The number of hydrogen-bond donors (Lipinski definition) is 1. The van der Waals surface area contributed by atoms with Crippen LogP contribution in [0.2, 0.25) is 0 Å². The lowest BCUT2D eigenvalue weighted by molar-refractivity contribution is 0.590. The average molecular weight is 207 g/mol. The summed E-state index contributed by atoms with van der Waals surface area (Å²) in [4.78, 5) is 4.21. The van der Waals surface area contributed by atoms with Gasteiger partial charge < -0.3 is 10.3 Å². The average Bonchev–Trinajstić information content (AvgIpc) is 2.62. The van der Waals surface area contributed by atoms with Crippen LogP contribution in [0.15, 0.2) is 17.4 Å². The van der Waals surface area contributed by atoms with Crippen LogP contribution < -0.4 is 5.73 Å². The molecule has 0 unspecified atom stereocenters. The molecule has 1 aromatic heterocycles. The maximum Gasteiger partial charge on any atom is 0.182 e. The topological polar surface area (TPSA) is 69.1 Å². The Bertz CT molecular complexity index is 382. The number of allylic oxidation sites excluding steroid dienone is 1. The van der Waals surface area contributed by atoms with E-state index in [1.807, 2.05) is 17.6 Å². The van der Waals surface area contributed by atoms with Gasteiger partial charge in [0.2, 0.25) is 0 Å². The van der Waals surface area contributed by atoms with Crippen molar-refractivity contribution in [3.05, 3.63) is 18.2 Å². The highest BCUT2D eigenvalue weighted by Gasteiger charge is 2.10. The molecule has 1 aromatic rings. The molecule has 0 aliphatic heterocycles. The largest absolute Gasteiger partial charge is 0.387 e. The van der Waals surface area contributed by atoms with Gasteiger partial charge in [-0.05, 0) is 27.7 Å². The molecule has 1 rings (SSSR count). The van der Waals surface area contributed by atoms with Gasteiger partial charge in [0, 0.05) is 6.04 Å². The third-order valence-electron chi connectivity index (χ3n) is 1.93. The van der Waals surface area contributed by atoms with Crippen molar-refractivity contribution in [2.45, 2.75) is 33.7 Å². The number of rotatable bonds is 3. The van der Waals surface area contributed by atoms with Crippen LogP contribution in [-0.4, -0.2) is 20.6 Å². The van der Waals surface area contributed by atoms with Crippen molar-refractivity contribution in [1.82, 2.24) is 14.8 Å². The van der Waals surface area contributed by atoms with Crippen LogP contribution in [0.4, 0.5) is 0 Å². The lowest BCUT2D eigenvalue weighted by Gasteiger charge is -2.09. The minimum atomic E-state index is 0.304. The lowest BCUT2D eigenvalue weighted by Crippen LogP contribution is -2.08. The van der Waals surface area contributed by atoms with Gasteiger partial charge in [0.25, 0.3) is 0 Å². The van der Waals surface area contributed by atoms with Crippen LogP contribution >= 0.6 is 0 Å². The summed E-state index contributed by atoms with van der Waals surface area (Å²) in [7, 11) is 0. The molecule has 0 fully saturated rings. The molecule has 0 aromatic carbocycles. The zero-order valence-corrected chi connectivity index (χ0v) is 9.60. The van der Waals surface area contributed by atoms with Gasteiger partial charge in [-0.25, -0.2) is 4.99 Å². The molecule has 5 nitrogen and oxygen atoms in total. The molecule has 1 heterocycles. The zero-order valence-electron chi connectivity index (χ0n) is 9.60. The van der Waals surface area contributed by atoms with E-state index in [9.17, 15) is 0 Å². The van der Waals surface area contributed by atoms with E-state index in [1.165, 1.54) is 0 Å². The monoisotopic (exact) mass is 207 g/mol. The Kier molecular flexibility index (Phi) is 3.60. The first-order valence-electron chi connectivity index (χ1n) is 4.93. The summed E-state index contributed by atoms with van der Waals surface area (Å²) in [5.41, 5.74) is 6.30. The van der Waals surface area contributed by atoms with Gasteiger partial charge in [-0.1, -0.05) is 6.08 Å². The maximum absolute atomic E-state index is 5.55. The molecule has 0 bridgehead atoms. The van der Waals surface area contributed by atoms with Gasteiger partial charge in [-0.3, -0.25) is 0 Å². The van der Waals surface area contributed by atoms with E-state index >= 15 is 0 Å². The van der Waals surface area contributed by atoms with E-state index in [-0.39, 0.29) is 0 Å². The molecule has 0 saturated carbocycles. The van der Waals surface area contributed by atoms with Crippen molar-refractivity contribution in [1.29, 1.82) is 0 Å². The molecule has 0 aliphatic rings. The summed E-state index contributed by atoms with van der Waals surface area (Å²) in [5.74, 6) is 1.26. The Morgan fingerprint density at radius 2 is 2.27 bits per heavy atom. The quantitative estimate of drug-likeness (QED) is 0.604. The molecular formula is C10H17N5. The van der Waals surface area contributed by atoms with Crippen molar-refractivity contribution < 1.29 is 0 Å². The van der Waals surface area contributed by atoms with Crippen molar-refractivity contribution in [3.8, 4) is 0 Å². The maximum atomic E-state index is 5.55. The number of nitrogens with zero attached hydrogens (tertiary/aromatic N) is 4. The molecule has 0 aliphatic carbocycles. The van der Waals surface area contributed by atoms with Crippen molar-refractivity contribution in [2.24, 2.45) is 10.7 Å². The van der Waals surface area contributed by atoms with Crippen LogP contribution in [0.3, 0.4) is 0 Å². The second-order valence-corrected chi connectivity index (χ2v) is 3.58.